The highest BCUT2D eigenvalue weighted by molar-refractivity contribution is 9.11. The third kappa shape index (κ3) is 2.86. The smallest absolute Gasteiger partial charge is 0.257 e. The first kappa shape index (κ1) is 12.1. The Balaban J connectivity index is 2.17. The summed E-state index contributed by atoms with van der Waals surface area (Å²) in [6, 6.07) is 2.95. The first-order valence-electron chi connectivity index (χ1n) is 4.44. The Morgan fingerprint density at radius 2 is 2.12 bits per heavy atom. The lowest BCUT2D eigenvalue weighted by molar-refractivity contribution is 0.102. The van der Waals surface area contributed by atoms with Crippen molar-refractivity contribution in [1.82, 2.24) is 4.98 Å². The molecule has 0 aliphatic heterocycles. The van der Waals surface area contributed by atoms with Crippen molar-refractivity contribution in [3.63, 3.8) is 0 Å². The maximum absolute atomic E-state index is 12.9. The molecule has 0 bridgehead atoms. The van der Waals surface area contributed by atoms with E-state index in [1.807, 2.05) is 0 Å². The molecule has 17 heavy (non-hydrogen) atoms. The number of carbonyl (C=O) groups is 1. The number of amides is 1. The molecule has 1 aromatic heterocycles. The first-order valence-corrected chi connectivity index (χ1v) is 6.05. The van der Waals surface area contributed by atoms with Crippen molar-refractivity contribution in [2.75, 3.05) is 5.32 Å². The molecule has 0 saturated heterocycles. The van der Waals surface area contributed by atoms with Gasteiger partial charge in [0.1, 0.15) is 0 Å². The van der Waals surface area contributed by atoms with E-state index in [2.05, 4.69) is 26.2 Å². The topological polar surface area (TPSA) is 42.0 Å². The van der Waals surface area contributed by atoms with Crippen LogP contribution in [0.4, 0.5) is 13.9 Å². The number of halogens is 3. The summed E-state index contributed by atoms with van der Waals surface area (Å²) in [7, 11) is 0. The fraction of sp³-hybridized carbons (Fsp3) is 0. The molecule has 0 atom stereocenters. The number of benzene rings is 1. The minimum absolute atomic E-state index is 0.0372. The van der Waals surface area contributed by atoms with Crippen LogP contribution in [-0.2, 0) is 0 Å². The highest BCUT2D eigenvalue weighted by atomic mass is 79.9. The molecule has 2 aromatic rings. The zero-order valence-electron chi connectivity index (χ0n) is 8.21. The van der Waals surface area contributed by atoms with Crippen LogP contribution in [0.15, 0.2) is 28.2 Å². The van der Waals surface area contributed by atoms with Gasteiger partial charge in [-0.15, -0.1) is 0 Å². The van der Waals surface area contributed by atoms with Crippen molar-refractivity contribution in [2.45, 2.75) is 0 Å². The number of thiazole rings is 1. The molecule has 0 aliphatic rings. The molecule has 7 heteroatoms. The van der Waals surface area contributed by atoms with Crippen LogP contribution in [0.25, 0.3) is 0 Å². The highest BCUT2D eigenvalue weighted by Gasteiger charge is 2.11. The predicted molar refractivity (Wildman–Crippen MR) is 64.1 cm³/mol. The summed E-state index contributed by atoms with van der Waals surface area (Å²) in [5, 5.41) is 2.86. The number of carbonyl (C=O) groups excluding carboxylic acids is 1. The second kappa shape index (κ2) is 4.89. The van der Waals surface area contributed by atoms with E-state index in [-0.39, 0.29) is 5.56 Å². The molecular formula is C10H5BrF2N2OS. The van der Waals surface area contributed by atoms with Gasteiger partial charge in [-0.3, -0.25) is 10.1 Å². The normalized spacial score (nSPS) is 10.3. The van der Waals surface area contributed by atoms with Crippen LogP contribution in [0.5, 0.6) is 0 Å². The Labute approximate surface area is 108 Å². The summed E-state index contributed by atoms with van der Waals surface area (Å²) in [5.74, 6) is -2.58. The van der Waals surface area contributed by atoms with E-state index in [1.165, 1.54) is 23.6 Å². The van der Waals surface area contributed by atoms with Crippen molar-refractivity contribution in [2.24, 2.45) is 0 Å². The minimum Gasteiger partial charge on any atom is -0.298 e. The van der Waals surface area contributed by atoms with E-state index in [4.69, 9.17) is 0 Å². The molecule has 1 amide bonds. The Bertz CT molecular complexity index is 573. The van der Waals surface area contributed by atoms with E-state index < -0.39 is 17.5 Å². The maximum Gasteiger partial charge on any atom is 0.257 e. The van der Waals surface area contributed by atoms with Crippen molar-refractivity contribution < 1.29 is 13.6 Å². The van der Waals surface area contributed by atoms with Gasteiger partial charge in [0.2, 0.25) is 0 Å². The van der Waals surface area contributed by atoms with E-state index in [0.29, 0.717) is 5.13 Å². The molecule has 1 N–H and O–H groups in total. The maximum atomic E-state index is 12.9. The molecule has 3 nitrogen and oxygen atoms in total. The van der Waals surface area contributed by atoms with Crippen LogP contribution < -0.4 is 5.32 Å². The van der Waals surface area contributed by atoms with E-state index >= 15 is 0 Å². The monoisotopic (exact) mass is 318 g/mol. The Hall–Kier alpha value is -1.34. The molecule has 88 valence electrons. The second-order valence-corrected chi connectivity index (χ2v) is 5.46. The lowest BCUT2D eigenvalue weighted by Gasteiger charge is -2.01. The summed E-state index contributed by atoms with van der Waals surface area (Å²) in [6.07, 6.45) is 1.53. The first-order chi connectivity index (χ1) is 8.06. The van der Waals surface area contributed by atoms with Crippen LogP contribution in [0.1, 0.15) is 10.4 Å². The fourth-order valence-corrected chi connectivity index (χ4v) is 2.22. The van der Waals surface area contributed by atoms with Crippen molar-refractivity contribution in [1.29, 1.82) is 0 Å². The molecule has 0 saturated carbocycles. The molecule has 0 aliphatic carbocycles. The number of hydrogen-bond donors (Lipinski definition) is 1. The van der Waals surface area contributed by atoms with Crippen molar-refractivity contribution in [3.05, 3.63) is 45.4 Å². The zero-order chi connectivity index (χ0) is 12.4. The van der Waals surface area contributed by atoms with Crippen molar-refractivity contribution >= 4 is 38.3 Å². The predicted octanol–water partition coefficient (Wildman–Crippen LogP) is 3.44. The van der Waals surface area contributed by atoms with Gasteiger partial charge < -0.3 is 0 Å². The number of anilines is 1. The Morgan fingerprint density at radius 1 is 1.35 bits per heavy atom. The van der Waals surface area contributed by atoms with Gasteiger partial charge in [0.15, 0.2) is 16.8 Å². The highest BCUT2D eigenvalue weighted by Crippen LogP contribution is 2.23. The third-order valence-corrected chi connectivity index (χ3v) is 3.27. The lowest BCUT2D eigenvalue weighted by Crippen LogP contribution is -2.12. The summed E-state index contributed by atoms with van der Waals surface area (Å²) >= 11 is 4.42. The van der Waals surface area contributed by atoms with Gasteiger partial charge in [0.25, 0.3) is 5.91 Å². The van der Waals surface area contributed by atoms with E-state index in [9.17, 15) is 13.6 Å². The van der Waals surface area contributed by atoms with Gasteiger partial charge in [-0.2, -0.15) is 0 Å². The number of rotatable bonds is 2. The lowest BCUT2D eigenvalue weighted by atomic mass is 10.2. The largest absolute Gasteiger partial charge is 0.298 e. The quantitative estimate of drug-likeness (QED) is 0.921. The van der Waals surface area contributed by atoms with Gasteiger partial charge in [-0.1, -0.05) is 11.3 Å². The van der Waals surface area contributed by atoms with E-state index in [0.717, 1.165) is 15.9 Å². The fourth-order valence-electron chi connectivity index (χ4n) is 1.12. The molecular weight excluding hydrogens is 314 g/mol. The molecule has 2 rings (SSSR count). The average Bonchev–Trinajstić information content (AvgIpc) is 2.68. The van der Waals surface area contributed by atoms with Crippen LogP contribution in [0, 0.1) is 11.6 Å². The Kier molecular flexibility index (Phi) is 3.49. The summed E-state index contributed by atoms with van der Waals surface area (Å²) < 4.78 is 26.3. The molecule has 0 unspecified atom stereocenters. The SMILES string of the molecule is O=C(Nc1ncc(Br)s1)c1ccc(F)c(F)c1. The summed E-state index contributed by atoms with van der Waals surface area (Å²) in [6.45, 7) is 0. The molecule has 1 aromatic carbocycles. The third-order valence-electron chi connectivity index (χ3n) is 1.88. The van der Waals surface area contributed by atoms with Gasteiger partial charge in [0, 0.05) is 5.56 Å². The second-order valence-electron chi connectivity index (χ2n) is 3.05. The van der Waals surface area contributed by atoms with Gasteiger partial charge >= 0.3 is 0 Å². The minimum atomic E-state index is -1.06. The van der Waals surface area contributed by atoms with Gasteiger partial charge in [-0.25, -0.2) is 13.8 Å². The van der Waals surface area contributed by atoms with Gasteiger partial charge in [-0.05, 0) is 34.1 Å². The Morgan fingerprint density at radius 3 is 2.71 bits per heavy atom. The van der Waals surface area contributed by atoms with Crippen LogP contribution >= 0.6 is 27.3 Å². The van der Waals surface area contributed by atoms with Crippen LogP contribution in [0.3, 0.4) is 0 Å². The molecule has 0 spiro atoms. The molecule has 0 fully saturated rings. The number of nitrogens with zero attached hydrogens (tertiary/aromatic N) is 1. The molecule has 1 heterocycles. The standard InChI is InChI=1S/C10H5BrF2N2OS/c11-8-4-14-10(17-8)15-9(16)5-1-2-6(12)7(13)3-5/h1-4H,(H,14,15,16). The zero-order valence-corrected chi connectivity index (χ0v) is 10.6. The van der Waals surface area contributed by atoms with Crippen LogP contribution in [0.2, 0.25) is 0 Å². The summed E-state index contributed by atoms with van der Waals surface area (Å²) in [4.78, 5) is 15.5. The van der Waals surface area contributed by atoms with Crippen LogP contribution in [-0.4, -0.2) is 10.9 Å². The molecule has 0 radical (unpaired) electrons. The van der Waals surface area contributed by atoms with E-state index in [1.54, 1.807) is 0 Å². The summed E-state index contributed by atoms with van der Waals surface area (Å²) in [5.41, 5.74) is 0.0372. The number of nitrogens with one attached hydrogen (secondary N) is 1. The average molecular weight is 319 g/mol. The number of hydrogen-bond acceptors (Lipinski definition) is 3. The van der Waals surface area contributed by atoms with Crippen molar-refractivity contribution in [3.8, 4) is 0 Å². The van der Waals surface area contributed by atoms with Gasteiger partial charge in [0.05, 0.1) is 9.98 Å². The number of aromatic nitrogens is 1.